The number of hydrogen-bond acceptors (Lipinski definition) is 2. The van der Waals surface area contributed by atoms with Gasteiger partial charge in [-0.25, -0.2) is 0 Å². The van der Waals surface area contributed by atoms with Gasteiger partial charge in [0.05, 0.1) is 33.4 Å². The lowest BCUT2D eigenvalue weighted by Gasteiger charge is -2.28. The van der Waals surface area contributed by atoms with Crippen LogP contribution in [0.1, 0.15) is 11.1 Å². The van der Waals surface area contributed by atoms with Gasteiger partial charge in [0.15, 0.2) is 0 Å². The topological polar surface area (TPSA) is 16.3 Å². The third-order valence-corrected chi connectivity index (χ3v) is 15.2. The molecule has 0 aliphatic heterocycles. The molecule has 2 aromatic heterocycles. The van der Waals surface area contributed by atoms with E-state index in [0.717, 1.165) is 78.8 Å². The second kappa shape index (κ2) is 18.4. The Labute approximate surface area is 441 Å². The summed E-state index contributed by atoms with van der Waals surface area (Å²) in [6, 6.07) is 97.2. The summed E-state index contributed by atoms with van der Waals surface area (Å²) < 4.78 is 4.74. The molecule has 0 N–H and O–H groups in total. The minimum absolute atomic E-state index is 1.08. The predicted molar refractivity (Wildman–Crippen MR) is 325 cm³/mol. The first-order valence-corrected chi connectivity index (χ1v) is 25.9. The summed E-state index contributed by atoms with van der Waals surface area (Å²) in [7, 11) is 0. The van der Waals surface area contributed by atoms with Gasteiger partial charge in [0, 0.05) is 66.4 Å². The molecule has 0 aliphatic carbocycles. The third kappa shape index (κ3) is 7.46. The lowest BCUT2D eigenvalue weighted by Crippen LogP contribution is -2.10. The average molecular weight is 971 g/mol. The second-order valence-electron chi connectivity index (χ2n) is 19.5. The van der Waals surface area contributed by atoms with Crippen LogP contribution in [0.15, 0.2) is 280 Å². The standard InChI is InChI=1S/C72H50N4/c1-3-49-27-35-57(36-28-49)75-69-23-11-9-21-63(69)65-47-59(43-45-71(65)75)73(67-25-13-17-53-15-5-7-19-61(53)67)55-39-31-51(32-40-55)52-33-41-56(42-34-52)74(68-26-14-18-54-16-6-8-20-62(54)68)60-44-46-72-66(48-60)64-22-10-12-24-70(64)76(72)58-37-29-50(4-2)30-38-58/h3-48H,1-2H2. The van der Waals surface area contributed by atoms with E-state index < -0.39 is 0 Å². The Kier molecular flexibility index (Phi) is 10.8. The Balaban J connectivity index is 0.862. The maximum absolute atomic E-state index is 3.98. The molecular weight excluding hydrogens is 921 g/mol. The zero-order valence-electron chi connectivity index (χ0n) is 41.8. The van der Waals surface area contributed by atoms with E-state index >= 15 is 0 Å². The maximum atomic E-state index is 3.98. The Morgan fingerprint density at radius 1 is 0.276 bits per heavy atom. The normalized spacial score (nSPS) is 11.5. The molecule has 14 aromatic rings. The van der Waals surface area contributed by atoms with E-state index in [2.05, 4.69) is 299 Å². The number of aromatic nitrogens is 2. The van der Waals surface area contributed by atoms with E-state index in [9.17, 15) is 0 Å². The number of rotatable bonds is 11. The molecule has 358 valence electrons. The quantitative estimate of drug-likeness (QED) is 0.128. The molecule has 0 amide bonds. The first-order chi connectivity index (χ1) is 37.6. The molecule has 0 bridgehead atoms. The fourth-order valence-electron chi connectivity index (χ4n) is 11.5. The molecule has 0 radical (unpaired) electrons. The van der Waals surface area contributed by atoms with Crippen LogP contribution >= 0.6 is 0 Å². The highest BCUT2D eigenvalue weighted by Crippen LogP contribution is 2.45. The Morgan fingerprint density at radius 2 is 0.618 bits per heavy atom. The molecule has 0 fully saturated rings. The van der Waals surface area contributed by atoms with Gasteiger partial charge in [0.2, 0.25) is 0 Å². The number of para-hydroxylation sites is 2. The highest BCUT2D eigenvalue weighted by atomic mass is 15.2. The van der Waals surface area contributed by atoms with Crippen LogP contribution in [0.3, 0.4) is 0 Å². The summed E-state index contributed by atoms with van der Waals surface area (Å²) in [6.07, 6.45) is 3.78. The zero-order chi connectivity index (χ0) is 50.7. The molecule has 0 saturated heterocycles. The zero-order valence-corrected chi connectivity index (χ0v) is 41.8. The van der Waals surface area contributed by atoms with E-state index in [1.165, 1.54) is 54.1 Å². The monoisotopic (exact) mass is 970 g/mol. The first kappa shape index (κ1) is 44.5. The van der Waals surface area contributed by atoms with Gasteiger partial charge in [-0.2, -0.15) is 0 Å². The molecule has 4 nitrogen and oxygen atoms in total. The van der Waals surface area contributed by atoms with Crippen molar-refractivity contribution in [3.05, 3.63) is 291 Å². The summed E-state index contributed by atoms with van der Waals surface area (Å²) in [5.41, 5.74) is 17.9. The fourth-order valence-corrected chi connectivity index (χ4v) is 11.5. The summed E-state index contributed by atoms with van der Waals surface area (Å²) in [5.74, 6) is 0. The molecule has 2 heterocycles. The van der Waals surface area contributed by atoms with Gasteiger partial charge in [0.1, 0.15) is 0 Å². The molecule has 0 saturated carbocycles. The molecule has 76 heavy (non-hydrogen) atoms. The number of anilines is 6. The second-order valence-corrected chi connectivity index (χ2v) is 19.5. The largest absolute Gasteiger partial charge is 0.310 e. The molecule has 14 rings (SSSR count). The lowest BCUT2D eigenvalue weighted by atomic mass is 10.0. The van der Waals surface area contributed by atoms with E-state index in [-0.39, 0.29) is 0 Å². The molecule has 0 atom stereocenters. The molecular formula is C72H50N4. The van der Waals surface area contributed by atoms with Crippen molar-refractivity contribution in [2.45, 2.75) is 0 Å². The lowest BCUT2D eigenvalue weighted by molar-refractivity contribution is 1.18. The Morgan fingerprint density at radius 3 is 1.03 bits per heavy atom. The molecule has 0 unspecified atom stereocenters. The van der Waals surface area contributed by atoms with Crippen LogP contribution in [0, 0.1) is 0 Å². The third-order valence-electron chi connectivity index (χ3n) is 15.2. The van der Waals surface area contributed by atoms with Crippen LogP contribution in [0.25, 0.3) is 99.8 Å². The highest BCUT2D eigenvalue weighted by molar-refractivity contribution is 6.13. The molecule has 0 spiro atoms. The van der Waals surface area contributed by atoms with Crippen molar-refractivity contribution < 1.29 is 0 Å². The van der Waals surface area contributed by atoms with E-state index in [0.29, 0.717) is 0 Å². The SMILES string of the molecule is C=Cc1ccc(-n2c3ccccc3c3cc(N(c4ccc(-c5ccc(N(c6ccc7c(c6)c6ccccc6n7-c6ccc(C=C)cc6)c6cccc7ccccc67)cc5)cc4)c4cccc5ccccc45)ccc32)cc1. The van der Waals surface area contributed by atoms with Crippen LogP contribution in [0.5, 0.6) is 0 Å². The predicted octanol–water partition coefficient (Wildman–Crippen LogP) is 20.1. The van der Waals surface area contributed by atoms with E-state index in [1.54, 1.807) is 0 Å². The number of hydrogen-bond donors (Lipinski definition) is 0. The first-order valence-electron chi connectivity index (χ1n) is 25.9. The highest BCUT2D eigenvalue weighted by Gasteiger charge is 2.22. The Bertz CT molecular complexity index is 4230. The summed E-state index contributed by atoms with van der Waals surface area (Å²) in [5, 5.41) is 9.58. The van der Waals surface area contributed by atoms with Crippen LogP contribution in [0.4, 0.5) is 34.1 Å². The van der Waals surface area contributed by atoms with Crippen molar-refractivity contribution >= 4 is 111 Å². The molecule has 12 aromatic carbocycles. The van der Waals surface area contributed by atoms with Crippen molar-refractivity contribution in [1.29, 1.82) is 0 Å². The van der Waals surface area contributed by atoms with Crippen molar-refractivity contribution in [3.63, 3.8) is 0 Å². The van der Waals surface area contributed by atoms with Crippen LogP contribution in [-0.4, -0.2) is 9.13 Å². The van der Waals surface area contributed by atoms with Crippen LogP contribution in [0.2, 0.25) is 0 Å². The van der Waals surface area contributed by atoms with Crippen molar-refractivity contribution in [3.8, 4) is 22.5 Å². The summed E-state index contributed by atoms with van der Waals surface area (Å²) >= 11 is 0. The fraction of sp³-hybridized carbons (Fsp3) is 0. The number of nitrogens with zero attached hydrogens (tertiary/aromatic N) is 4. The van der Waals surface area contributed by atoms with Crippen LogP contribution < -0.4 is 9.80 Å². The van der Waals surface area contributed by atoms with Crippen molar-refractivity contribution in [1.82, 2.24) is 9.13 Å². The van der Waals surface area contributed by atoms with Gasteiger partial charge in [0.25, 0.3) is 0 Å². The van der Waals surface area contributed by atoms with Gasteiger partial charge in [-0.3, -0.25) is 0 Å². The summed E-state index contributed by atoms with van der Waals surface area (Å²) in [4.78, 5) is 4.82. The Hall–Kier alpha value is -10.2. The van der Waals surface area contributed by atoms with Crippen LogP contribution in [-0.2, 0) is 0 Å². The minimum Gasteiger partial charge on any atom is -0.310 e. The minimum atomic E-state index is 1.08. The van der Waals surface area contributed by atoms with Gasteiger partial charge < -0.3 is 18.9 Å². The van der Waals surface area contributed by atoms with Crippen molar-refractivity contribution in [2.75, 3.05) is 9.80 Å². The van der Waals surface area contributed by atoms with Gasteiger partial charge in [-0.1, -0.05) is 183 Å². The van der Waals surface area contributed by atoms with E-state index in [4.69, 9.17) is 0 Å². The summed E-state index contributed by atoms with van der Waals surface area (Å²) in [6.45, 7) is 7.96. The smallest absolute Gasteiger partial charge is 0.0542 e. The maximum Gasteiger partial charge on any atom is 0.0542 e. The van der Waals surface area contributed by atoms with Gasteiger partial charge >= 0.3 is 0 Å². The molecule has 4 heteroatoms. The van der Waals surface area contributed by atoms with Gasteiger partial charge in [-0.15, -0.1) is 0 Å². The average Bonchev–Trinajstić information content (AvgIpc) is 4.11. The van der Waals surface area contributed by atoms with E-state index in [1.807, 2.05) is 12.2 Å². The van der Waals surface area contributed by atoms with Crippen molar-refractivity contribution in [2.24, 2.45) is 0 Å². The molecule has 0 aliphatic rings. The number of fused-ring (bicyclic) bond motifs is 8. The van der Waals surface area contributed by atoms with Gasteiger partial charge in [-0.05, 0) is 142 Å². The number of benzene rings is 12.